The van der Waals surface area contributed by atoms with Crippen LogP contribution in [0.1, 0.15) is 26.7 Å². The molecule has 5 nitrogen and oxygen atoms in total. The van der Waals surface area contributed by atoms with Gasteiger partial charge in [-0.25, -0.2) is 0 Å². The first-order valence-corrected chi connectivity index (χ1v) is 6.23. The Hall–Kier alpha value is -0.940. The minimum Gasteiger partial charge on any atom is -0.320 e. The summed E-state index contributed by atoms with van der Waals surface area (Å²) in [7, 11) is 1.95. The Morgan fingerprint density at radius 2 is 2.12 bits per heavy atom. The Bertz CT molecular complexity index is 356. The van der Waals surface area contributed by atoms with E-state index in [2.05, 4.69) is 4.90 Å². The second-order valence-corrected chi connectivity index (χ2v) is 5.56. The highest BCUT2D eigenvalue weighted by molar-refractivity contribution is 6.07. The molecule has 2 aliphatic heterocycles. The standard InChI is InChI=1S/C12H21N3O2/c1-8(2)9(13)10(16)15-7-12(11(15)17)5-4-6-14(12)3/h8-9H,4-7,13H2,1-3H3. The number of hydrogen-bond donors (Lipinski definition) is 1. The van der Waals surface area contributed by atoms with Crippen molar-refractivity contribution in [3.05, 3.63) is 0 Å². The van der Waals surface area contributed by atoms with Gasteiger partial charge in [0.25, 0.3) is 5.91 Å². The first kappa shape index (κ1) is 12.5. The number of carbonyl (C=O) groups excluding carboxylic acids is 2. The molecule has 2 fully saturated rings. The molecular formula is C12H21N3O2. The Morgan fingerprint density at radius 3 is 2.53 bits per heavy atom. The van der Waals surface area contributed by atoms with E-state index in [-0.39, 0.29) is 17.7 Å². The molecule has 1 spiro atoms. The largest absolute Gasteiger partial charge is 0.320 e. The molecule has 0 aliphatic carbocycles. The summed E-state index contributed by atoms with van der Waals surface area (Å²) in [5, 5.41) is 0. The SMILES string of the molecule is CC(C)C(N)C(=O)N1CC2(CCCN2C)C1=O. The van der Waals surface area contributed by atoms with E-state index in [1.54, 1.807) is 0 Å². The lowest BCUT2D eigenvalue weighted by Crippen LogP contribution is -2.74. The molecule has 0 bridgehead atoms. The number of β-lactam (4-membered cyclic amide) rings is 1. The van der Waals surface area contributed by atoms with Gasteiger partial charge >= 0.3 is 0 Å². The molecule has 2 N–H and O–H groups in total. The van der Waals surface area contributed by atoms with Gasteiger partial charge in [-0.2, -0.15) is 0 Å². The number of imide groups is 1. The minimum absolute atomic E-state index is 0.0569. The van der Waals surface area contributed by atoms with Gasteiger partial charge in [0.15, 0.2) is 0 Å². The molecule has 0 saturated carbocycles. The third-order valence-electron chi connectivity index (χ3n) is 4.15. The van der Waals surface area contributed by atoms with Crippen LogP contribution in [0.5, 0.6) is 0 Å². The third-order valence-corrected chi connectivity index (χ3v) is 4.15. The Morgan fingerprint density at radius 1 is 1.47 bits per heavy atom. The summed E-state index contributed by atoms with van der Waals surface area (Å²) in [5.41, 5.74) is 5.40. The van der Waals surface area contributed by atoms with Gasteiger partial charge in [0.2, 0.25) is 5.91 Å². The van der Waals surface area contributed by atoms with Crippen LogP contribution in [-0.2, 0) is 9.59 Å². The van der Waals surface area contributed by atoms with Crippen LogP contribution >= 0.6 is 0 Å². The normalized spacial score (nSPS) is 31.1. The zero-order valence-corrected chi connectivity index (χ0v) is 10.8. The van der Waals surface area contributed by atoms with Gasteiger partial charge in [-0.1, -0.05) is 13.8 Å². The summed E-state index contributed by atoms with van der Waals surface area (Å²) in [6.45, 7) is 5.24. The van der Waals surface area contributed by atoms with Crippen LogP contribution in [0, 0.1) is 5.92 Å². The molecule has 2 heterocycles. The van der Waals surface area contributed by atoms with Gasteiger partial charge in [-0.05, 0) is 32.4 Å². The van der Waals surface area contributed by atoms with E-state index in [9.17, 15) is 9.59 Å². The van der Waals surface area contributed by atoms with Crippen molar-refractivity contribution in [3.63, 3.8) is 0 Å². The van der Waals surface area contributed by atoms with Crippen molar-refractivity contribution in [1.82, 2.24) is 9.80 Å². The van der Waals surface area contributed by atoms with Gasteiger partial charge in [-0.3, -0.25) is 19.4 Å². The van der Waals surface area contributed by atoms with Crippen LogP contribution in [-0.4, -0.2) is 53.3 Å². The number of nitrogens with two attached hydrogens (primary N) is 1. The quantitative estimate of drug-likeness (QED) is 0.678. The van der Waals surface area contributed by atoms with Crippen molar-refractivity contribution < 1.29 is 9.59 Å². The summed E-state index contributed by atoms with van der Waals surface area (Å²) >= 11 is 0. The number of rotatable bonds is 2. The lowest BCUT2D eigenvalue weighted by atomic mass is 9.84. The summed E-state index contributed by atoms with van der Waals surface area (Å²) in [4.78, 5) is 27.6. The monoisotopic (exact) mass is 239 g/mol. The van der Waals surface area contributed by atoms with Gasteiger partial charge < -0.3 is 5.73 Å². The van der Waals surface area contributed by atoms with Crippen LogP contribution in [0.4, 0.5) is 0 Å². The molecule has 2 unspecified atom stereocenters. The molecule has 2 atom stereocenters. The van der Waals surface area contributed by atoms with Crippen LogP contribution in [0.15, 0.2) is 0 Å². The molecule has 2 saturated heterocycles. The van der Waals surface area contributed by atoms with Gasteiger partial charge in [0.05, 0.1) is 12.6 Å². The fraction of sp³-hybridized carbons (Fsp3) is 0.833. The minimum atomic E-state index is -0.567. The number of carbonyl (C=O) groups is 2. The highest BCUT2D eigenvalue weighted by Gasteiger charge is 2.59. The average molecular weight is 239 g/mol. The van der Waals surface area contributed by atoms with Crippen molar-refractivity contribution in [2.45, 2.75) is 38.3 Å². The molecule has 2 amide bonds. The lowest BCUT2D eigenvalue weighted by Gasteiger charge is -2.49. The molecule has 2 aliphatic rings. The summed E-state index contributed by atoms with van der Waals surface area (Å²) in [5.74, 6) is -0.220. The fourth-order valence-electron chi connectivity index (χ4n) is 2.69. The summed E-state index contributed by atoms with van der Waals surface area (Å²) in [6, 6.07) is -0.567. The van der Waals surface area contributed by atoms with Crippen molar-refractivity contribution >= 4 is 11.8 Å². The van der Waals surface area contributed by atoms with Gasteiger partial charge in [0.1, 0.15) is 5.54 Å². The second-order valence-electron chi connectivity index (χ2n) is 5.56. The topological polar surface area (TPSA) is 66.6 Å². The van der Waals surface area contributed by atoms with E-state index in [1.807, 2.05) is 20.9 Å². The molecule has 5 heteroatoms. The molecule has 0 aromatic rings. The summed E-state index contributed by atoms with van der Waals surface area (Å²) in [6.07, 6.45) is 1.89. The van der Waals surface area contributed by atoms with Crippen molar-refractivity contribution in [2.24, 2.45) is 11.7 Å². The Balaban J connectivity index is 2.05. The predicted molar refractivity (Wildman–Crippen MR) is 64.1 cm³/mol. The van der Waals surface area contributed by atoms with Crippen LogP contribution in [0.2, 0.25) is 0 Å². The van der Waals surface area contributed by atoms with Crippen LogP contribution in [0.25, 0.3) is 0 Å². The van der Waals surface area contributed by atoms with E-state index in [1.165, 1.54) is 4.90 Å². The maximum atomic E-state index is 12.2. The van der Waals surface area contributed by atoms with E-state index in [4.69, 9.17) is 5.73 Å². The van der Waals surface area contributed by atoms with Gasteiger partial charge in [-0.15, -0.1) is 0 Å². The third kappa shape index (κ3) is 1.68. The van der Waals surface area contributed by atoms with Gasteiger partial charge in [0, 0.05) is 0 Å². The van der Waals surface area contributed by atoms with Crippen LogP contribution in [0.3, 0.4) is 0 Å². The van der Waals surface area contributed by atoms with E-state index < -0.39 is 11.6 Å². The lowest BCUT2D eigenvalue weighted by molar-refractivity contribution is -0.169. The smallest absolute Gasteiger partial charge is 0.251 e. The highest BCUT2D eigenvalue weighted by Crippen LogP contribution is 2.38. The Kier molecular flexibility index (Phi) is 2.99. The van der Waals surface area contributed by atoms with Crippen LogP contribution < -0.4 is 5.73 Å². The Labute approximate surface area is 102 Å². The number of nitrogens with zero attached hydrogens (tertiary/aromatic N) is 2. The van der Waals surface area contributed by atoms with Crippen molar-refractivity contribution in [2.75, 3.05) is 20.1 Å². The van der Waals surface area contributed by atoms with E-state index >= 15 is 0 Å². The van der Waals surface area contributed by atoms with Crippen molar-refractivity contribution in [3.8, 4) is 0 Å². The number of hydrogen-bond acceptors (Lipinski definition) is 4. The maximum Gasteiger partial charge on any atom is 0.251 e. The number of amides is 2. The van der Waals surface area contributed by atoms with Crippen molar-refractivity contribution in [1.29, 1.82) is 0 Å². The first-order valence-electron chi connectivity index (χ1n) is 6.23. The molecule has 2 rings (SSSR count). The maximum absolute atomic E-state index is 12.2. The number of likely N-dealkylation sites (N-methyl/N-ethyl adjacent to an activating group) is 1. The second kappa shape index (κ2) is 4.07. The molecular weight excluding hydrogens is 218 g/mol. The zero-order chi connectivity index (χ0) is 12.8. The summed E-state index contributed by atoms with van der Waals surface area (Å²) < 4.78 is 0. The first-order chi connectivity index (χ1) is 7.90. The fourth-order valence-corrected chi connectivity index (χ4v) is 2.69. The average Bonchev–Trinajstić information content (AvgIpc) is 2.67. The predicted octanol–water partition coefficient (Wildman–Crippen LogP) is -0.197. The highest BCUT2D eigenvalue weighted by atomic mass is 16.2. The zero-order valence-electron chi connectivity index (χ0n) is 10.8. The molecule has 96 valence electrons. The molecule has 0 aromatic heterocycles. The number of likely N-dealkylation sites (tertiary alicyclic amines) is 2. The molecule has 0 aromatic carbocycles. The molecule has 17 heavy (non-hydrogen) atoms. The molecule has 0 radical (unpaired) electrons. The van der Waals surface area contributed by atoms with E-state index in [0.29, 0.717) is 6.54 Å². The van der Waals surface area contributed by atoms with E-state index in [0.717, 1.165) is 19.4 Å².